The largest absolute Gasteiger partial charge is 0.325 e. The van der Waals surface area contributed by atoms with Crippen molar-refractivity contribution in [3.63, 3.8) is 0 Å². The number of thioether (sulfide) groups is 1. The minimum atomic E-state index is -0.0577. The van der Waals surface area contributed by atoms with E-state index in [0.29, 0.717) is 22.2 Å². The van der Waals surface area contributed by atoms with Gasteiger partial charge >= 0.3 is 0 Å². The van der Waals surface area contributed by atoms with Gasteiger partial charge in [-0.05, 0) is 30.3 Å². The van der Waals surface area contributed by atoms with Gasteiger partial charge in [-0.25, -0.2) is 0 Å². The molecule has 1 N–H and O–H groups in total. The van der Waals surface area contributed by atoms with Crippen LogP contribution in [0.1, 0.15) is 6.42 Å². The number of benzene rings is 2. The summed E-state index contributed by atoms with van der Waals surface area (Å²) < 4.78 is 0. The van der Waals surface area contributed by atoms with E-state index in [1.165, 1.54) is 0 Å². The van der Waals surface area contributed by atoms with E-state index in [9.17, 15) is 4.79 Å². The third-order valence-electron chi connectivity index (χ3n) is 2.55. The fourth-order valence-electron chi connectivity index (χ4n) is 1.58. The summed E-state index contributed by atoms with van der Waals surface area (Å²) in [5, 5.41) is 3.78. The first-order valence-electron chi connectivity index (χ1n) is 6.08. The Morgan fingerprint density at radius 3 is 2.55 bits per heavy atom. The summed E-state index contributed by atoms with van der Waals surface area (Å²) in [6.45, 7) is 0. The van der Waals surface area contributed by atoms with Crippen LogP contribution in [0.4, 0.5) is 5.69 Å². The van der Waals surface area contributed by atoms with E-state index in [-0.39, 0.29) is 5.91 Å². The molecule has 20 heavy (non-hydrogen) atoms. The highest BCUT2D eigenvalue weighted by Gasteiger charge is 2.06. The van der Waals surface area contributed by atoms with Crippen LogP contribution in [0.3, 0.4) is 0 Å². The lowest BCUT2D eigenvalue weighted by atomic mass is 10.3. The van der Waals surface area contributed by atoms with E-state index < -0.39 is 0 Å². The van der Waals surface area contributed by atoms with Crippen molar-refractivity contribution in [2.24, 2.45) is 0 Å². The number of halogens is 2. The molecule has 0 saturated carbocycles. The Balaban J connectivity index is 1.81. The summed E-state index contributed by atoms with van der Waals surface area (Å²) in [5.41, 5.74) is 0.589. The lowest BCUT2D eigenvalue weighted by molar-refractivity contribution is -0.115. The van der Waals surface area contributed by atoms with Gasteiger partial charge in [-0.15, -0.1) is 11.8 Å². The summed E-state index contributed by atoms with van der Waals surface area (Å²) in [6.07, 6.45) is 0.429. The van der Waals surface area contributed by atoms with Gasteiger partial charge in [0.2, 0.25) is 5.91 Å². The van der Waals surface area contributed by atoms with E-state index in [1.807, 2.05) is 30.3 Å². The standard InChI is InChI=1S/C15H13Cl2NOS/c16-11-6-7-14(13(17)10-11)18-15(19)8-9-20-12-4-2-1-3-5-12/h1-7,10H,8-9H2,(H,18,19). The summed E-state index contributed by atoms with van der Waals surface area (Å²) >= 11 is 13.5. The van der Waals surface area contributed by atoms with Crippen molar-refractivity contribution in [2.45, 2.75) is 11.3 Å². The maximum absolute atomic E-state index is 11.8. The molecule has 2 nitrogen and oxygen atoms in total. The number of rotatable bonds is 5. The predicted octanol–water partition coefficient (Wildman–Crippen LogP) is 5.11. The van der Waals surface area contributed by atoms with Crippen LogP contribution in [-0.4, -0.2) is 11.7 Å². The SMILES string of the molecule is O=C(CCSc1ccccc1)Nc1ccc(Cl)cc1Cl. The van der Waals surface area contributed by atoms with Crippen molar-refractivity contribution >= 4 is 46.6 Å². The summed E-state index contributed by atoms with van der Waals surface area (Å²) in [6, 6.07) is 15.0. The fourth-order valence-corrected chi connectivity index (χ4v) is 2.91. The molecule has 2 rings (SSSR count). The first-order chi connectivity index (χ1) is 9.65. The summed E-state index contributed by atoms with van der Waals surface area (Å²) in [4.78, 5) is 13.0. The predicted molar refractivity (Wildman–Crippen MR) is 86.9 cm³/mol. The molecule has 0 saturated heterocycles. The van der Waals surface area contributed by atoms with Gasteiger partial charge in [-0.1, -0.05) is 41.4 Å². The van der Waals surface area contributed by atoms with E-state index in [2.05, 4.69) is 5.32 Å². The van der Waals surface area contributed by atoms with Crippen LogP contribution < -0.4 is 5.32 Å². The smallest absolute Gasteiger partial charge is 0.225 e. The fraction of sp³-hybridized carbons (Fsp3) is 0.133. The number of carbonyl (C=O) groups excluding carboxylic acids is 1. The zero-order valence-corrected chi connectivity index (χ0v) is 12.9. The Hall–Kier alpha value is -1.16. The van der Waals surface area contributed by atoms with Crippen LogP contribution in [0.25, 0.3) is 0 Å². The van der Waals surface area contributed by atoms with Gasteiger partial charge in [0, 0.05) is 22.1 Å². The average Bonchev–Trinajstić information content (AvgIpc) is 2.43. The Labute approximate surface area is 132 Å². The second-order valence-electron chi connectivity index (χ2n) is 4.08. The molecule has 0 heterocycles. The second-order valence-corrected chi connectivity index (χ2v) is 6.10. The Morgan fingerprint density at radius 2 is 1.85 bits per heavy atom. The minimum Gasteiger partial charge on any atom is -0.325 e. The number of amides is 1. The quantitative estimate of drug-likeness (QED) is 0.773. The highest BCUT2D eigenvalue weighted by Crippen LogP contribution is 2.25. The maximum Gasteiger partial charge on any atom is 0.225 e. The molecular formula is C15H13Cl2NOS. The first kappa shape index (κ1) is 15.2. The first-order valence-corrected chi connectivity index (χ1v) is 7.82. The zero-order chi connectivity index (χ0) is 14.4. The minimum absolute atomic E-state index is 0.0577. The van der Waals surface area contributed by atoms with Crippen molar-refractivity contribution in [3.05, 3.63) is 58.6 Å². The molecule has 0 spiro atoms. The van der Waals surface area contributed by atoms with Gasteiger partial charge in [-0.3, -0.25) is 4.79 Å². The Bertz CT molecular complexity index is 590. The van der Waals surface area contributed by atoms with Crippen LogP contribution in [-0.2, 0) is 4.79 Å². The molecule has 0 unspecified atom stereocenters. The number of hydrogen-bond donors (Lipinski definition) is 1. The monoisotopic (exact) mass is 325 g/mol. The zero-order valence-electron chi connectivity index (χ0n) is 10.6. The van der Waals surface area contributed by atoms with E-state index in [1.54, 1.807) is 30.0 Å². The summed E-state index contributed by atoms with van der Waals surface area (Å²) in [5.74, 6) is 0.666. The third-order valence-corrected chi connectivity index (χ3v) is 4.11. The Kier molecular flexibility index (Phi) is 5.77. The van der Waals surface area contributed by atoms with Crippen molar-refractivity contribution in [2.75, 3.05) is 11.1 Å². The summed E-state index contributed by atoms with van der Waals surface area (Å²) in [7, 11) is 0. The molecule has 104 valence electrons. The van der Waals surface area contributed by atoms with Gasteiger partial charge in [0.15, 0.2) is 0 Å². The van der Waals surface area contributed by atoms with Crippen LogP contribution in [0.5, 0.6) is 0 Å². The van der Waals surface area contributed by atoms with Crippen molar-refractivity contribution < 1.29 is 4.79 Å². The molecule has 2 aromatic carbocycles. The normalized spacial score (nSPS) is 10.3. The van der Waals surface area contributed by atoms with Gasteiger partial charge in [0.25, 0.3) is 0 Å². The van der Waals surface area contributed by atoms with Gasteiger partial charge in [0.05, 0.1) is 10.7 Å². The lowest BCUT2D eigenvalue weighted by Gasteiger charge is -2.07. The van der Waals surface area contributed by atoms with E-state index in [4.69, 9.17) is 23.2 Å². The van der Waals surface area contributed by atoms with Crippen LogP contribution in [0, 0.1) is 0 Å². The second kappa shape index (κ2) is 7.58. The maximum atomic E-state index is 11.8. The van der Waals surface area contributed by atoms with Crippen molar-refractivity contribution in [1.29, 1.82) is 0 Å². The van der Waals surface area contributed by atoms with Gasteiger partial charge < -0.3 is 5.32 Å². The van der Waals surface area contributed by atoms with Crippen LogP contribution in [0.15, 0.2) is 53.4 Å². The molecule has 0 aliphatic heterocycles. The molecule has 0 radical (unpaired) electrons. The highest BCUT2D eigenvalue weighted by atomic mass is 35.5. The van der Waals surface area contributed by atoms with Crippen LogP contribution in [0.2, 0.25) is 10.0 Å². The van der Waals surface area contributed by atoms with Crippen molar-refractivity contribution in [3.8, 4) is 0 Å². The topological polar surface area (TPSA) is 29.1 Å². The highest BCUT2D eigenvalue weighted by molar-refractivity contribution is 7.99. The van der Waals surface area contributed by atoms with Gasteiger partial charge in [0.1, 0.15) is 0 Å². The molecule has 0 aliphatic rings. The van der Waals surface area contributed by atoms with E-state index in [0.717, 1.165) is 10.6 Å². The lowest BCUT2D eigenvalue weighted by Crippen LogP contribution is -2.12. The van der Waals surface area contributed by atoms with E-state index >= 15 is 0 Å². The van der Waals surface area contributed by atoms with Crippen molar-refractivity contribution in [1.82, 2.24) is 0 Å². The molecule has 0 bridgehead atoms. The average molecular weight is 326 g/mol. The molecule has 0 fully saturated rings. The molecular weight excluding hydrogens is 313 g/mol. The number of nitrogens with one attached hydrogen (secondary N) is 1. The molecule has 2 aromatic rings. The Morgan fingerprint density at radius 1 is 1.10 bits per heavy atom. The third kappa shape index (κ3) is 4.75. The molecule has 5 heteroatoms. The number of hydrogen-bond acceptors (Lipinski definition) is 2. The number of carbonyl (C=O) groups is 1. The molecule has 0 atom stereocenters. The molecule has 0 aromatic heterocycles. The molecule has 1 amide bonds. The number of anilines is 1. The van der Waals surface area contributed by atoms with Crippen LogP contribution >= 0.6 is 35.0 Å². The van der Waals surface area contributed by atoms with Gasteiger partial charge in [-0.2, -0.15) is 0 Å². The molecule has 0 aliphatic carbocycles.